The molecule has 1 N–H and O–H groups in total. The number of hydrogen-bond donors (Lipinski definition) is 1. The van der Waals surface area contributed by atoms with E-state index < -0.39 is 0 Å². The average molecular weight is 384 g/mol. The van der Waals surface area contributed by atoms with Crippen LogP contribution in [0.25, 0.3) is 0 Å². The van der Waals surface area contributed by atoms with Gasteiger partial charge in [0.1, 0.15) is 0 Å². The predicted molar refractivity (Wildman–Crippen MR) is 91.5 cm³/mol. The van der Waals surface area contributed by atoms with Crippen molar-refractivity contribution in [2.75, 3.05) is 53.9 Å². The number of nitrogens with zero attached hydrogens (tertiary/aromatic N) is 3. The molecule has 1 fully saturated rings. The summed E-state index contributed by atoms with van der Waals surface area (Å²) >= 11 is 0. The Kier molecular flexibility index (Phi) is 9.72. The van der Waals surface area contributed by atoms with Crippen molar-refractivity contribution in [2.24, 2.45) is 10.9 Å². The van der Waals surface area contributed by atoms with Gasteiger partial charge >= 0.3 is 0 Å². The van der Waals surface area contributed by atoms with Crippen LogP contribution in [0.15, 0.2) is 4.99 Å². The third-order valence-corrected chi connectivity index (χ3v) is 2.97. The highest BCUT2D eigenvalue weighted by atomic mass is 127. The van der Waals surface area contributed by atoms with E-state index in [-0.39, 0.29) is 30.1 Å². The molecule has 0 spiro atoms. The number of halogens is 1. The lowest BCUT2D eigenvalue weighted by Crippen LogP contribution is -2.49. The average Bonchev–Trinajstić information content (AvgIpc) is 2.29. The van der Waals surface area contributed by atoms with Crippen LogP contribution in [0, 0.1) is 5.92 Å². The van der Waals surface area contributed by atoms with E-state index in [0.29, 0.717) is 5.92 Å². The zero-order chi connectivity index (χ0) is 13.5. The van der Waals surface area contributed by atoms with Gasteiger partial charge in [-0.2, -0.15) is 0 Å². The van der Waals surface area contributed by atoms with Crippen molar-refractivity contribution in [2.45, 2.75) is 20.0 Å². The van der Waals surface area contributed by atoms with E-state index in [1.54, 1.807) is 7.05 Å². The highest BCUT2D eigenvalue weighted by molar-refractivity contribution is 14.0. The molecule has 1 saturated heterocycles. The van der Waals surface area contributed by atoms with Crippen LogP contribution >= 0.6 is 24.0 Å². The Bertz CT molecular complexity index is 271. The van der Waals surface area contributed by atoms with Gasteiger partial charge in [0.2, 0.25) is 0 Å². The molecule has 5 nitrogen and oxygen atoms in total. The minimum atomic E-state index is 0. The topological polar surface area (TPSA) is 40.1 Å². The number of morpholine rings is 1. The maximum atomic E-state index is 5.79. The van der Waals surface area contributed by atoms with Gasteiger partial charge in [0.15, 0.2) is 5.96 Å². The molecule has 19 heavy (non-hydrogen) atoms. The van der Waals surface area contributed by atoms with Crippen molar-refractivity contribution in [1.82, 2.24) is 15.1 Å². The van der Waals surface area contributed by atoms with Gasteiger partial charge in [0.05, 0.1) is 12.7 Å². The SMILES string of the molecule is CN=C(NCC1CN(CC(C)C)CCO1)N(C)C.I. The van der Waals surface area contributed by atoms with Gasteiger partial charge in [0.25, 0.3) is 0 Å². The summed E-state index contributed by atoms with van der Waals surface area (Å²) < 4.78 is 5.79. The van der Waals surface area contributed by atoms with Gasteiger partial charge in [-0.1, -0.05) is 13.8 Å². The summed E-state index contributed by atoms with van der Waals surface area (Å²) in [5.41, 5.74) is 0. The van der Waals surface area contributed by atoms with Crippen LogP contribution < -0.4 is 5.32 Å². The van der Waals surface area contributed by atoms with E-state index in [9.17, 15) is 0 Å². The number of aliphatic imine (C=N–C) groups is 1. The fraction of sp³-hybridized carbons (Fsp3) is 0.923. The Morgan fingerprint density at radius 3 is 2.68 bits per heavy atom. The molecule has 1 aliphatic rings. The molecule has 1 aliphatic heterocycles. The Hall–Kier alpha value is -0.0800. The first-order chi connectivity index (χ1) is 8.52. The lowest BCUT2D eigenvalue weighted by Gasteiger charge is -2.34. The first-order valence-electron chi connectivity index (χ1n) is 6.74. The van der Waals surface area contributed by atoms with Crippen LogP contribution in [0.3, 0.4) is 0 Å². The second-order valence-electron chi connectivity index (χ2n) is 5.47. The summed E-state index contributed by atoms with van der Waals surface area (Å²) in [4.78, 5) is 8.67. The second-order valence-corrected chi connectivity index (χ2v) is 5.47. The third kappa shape index (κ3) is 7.31. The molecule has 6 heteroatoms. The van der Waals surface area contributed by atoms with Gasteiger partial charge in [-0.25, -0.2) is 0 Å². The molecule has 0 aromatic heterocycles. The number of rotatable bonds is 4. The van der Waals surface area contributed by atoms with Crippen molar-refractivity contribution in [3.8, 4) is 0 Å². The van der Waals surface area contributed by atoms with Gasteiger partial charge in [-0.05, 0) is 5.92 Å². The molecular formula is C13H29IN4O. The smallest absolute Gasteiger partial charge is 0.193 e. The van der Waals surface area contributed by atoms with E-state index in [0.717, 1.165) is 38.7 Å². The largest absolute Gasteiger partial charge is 0.374 e. The third-order valence-electron chi connectivity index (χ3n) is 2.97. The molecule has 0 aliphatic carbocycles. The number of hydrogen-bond acceptors (Lipinski definition) is 3. The van der Waals surface area contributed by atoms with Crippen molar-refractivity contribution < 1.29 is 4.74 Å². The summed E-state index contributed by atoms with van der Waals surface area (Å²) in [5, 5.41) is 3.34. The second kappa shape index (κ2) is 9.77. The normalized spacial score (nSPS) is 21.2. The van der Waals surface area contributed by atoms with Crippen LogP contribution in [-0.2, 0) is 4.74 Å². The number of guanidine groups is 1. The van der Waals surface area contributed by atoms with E-state index in [1.807, 2.05) is 19.0 Å². The summed E-state index contributed by atoms with van der Waals surface area (Å²) in [6, 6.07) is 0. The highest BCUT2D eigenvalue weighted by Crippen LogP contribution is 2.07. The summed E-state index contributed by atoms with van der Waals surface area (Å²) in [6.07, 6.45) is 0.259. The van der Waals surface area contributed by atoms with Crippen LogP contribution in [0.2, 0.25) is 0 Å². The minimum Gasteiger partial charge on any atom is -0.374 e. The van der Waals surface area contributed by atoms with Crippen molar-refractivity contribution >= 4 is 29.9 Å². The summed E-state index contributed by atoms with van der Waals surface area (Å²) in [6.45, 7) is 9.39. The monoisotopic (exact) mass is 384 g/mol. The number of nitrogens with one attached hydrogen (secondary N) is 1. The Balaban J connectivity index is 0.00000324. The quantitative estimate of drug-likeness (QED) is 0.448. The van der Waals surface area contributed by atoms with Crippen LogP contribution in [0.4, 0.5) is 0 Å². The van der Waals surface area contributed by atoms with Crippen molar-refractivity contribution in [1.29, 1.82) is 0 Å². The fourth-order valence-electron chi connectivity index (χ4n) is 2.23. The molecule has 0 aromatic carbocycles. The van der Waals surface area contributed by atoms with E-state index in [1.165, 1.54) is 0 Å². The molecule has 0 bridgehead atoms. The molecule has 0 aromatic rings. The van der Waals surface area contributed by atoms with Gasteiger partial charge < -0.3 is 15.0 Å². The standard InChI is InChI=1S/C13H28N4O.HI/c1-11(2)9-17-6-7-18-12(10-17)8-15-13(14-3)16(4)5;/h11-12H,6-10H2,1-5H3,(H,14,15);1H. The molecule has 1 atom stereocenters. The maximum absolute atomic E-state index is 5.79. The Morgan fingerprint density at radius 1 is 1.47 bits per heavy atom. The summed E-state index contributed by atoms with van der Waals surface area (Å²) in [5.74, 6) is 1.62. The molecular weight excluding hydrogens is 355 g/mol. The highest BCUT2D eigenvalue weighted by Gasteiger charge is 2.21. The predicted octanol–water partition coefficient (Wildman–Crippen LogP) is 1.10. The van der Waals surface area contributed by atoms with Gasteiger partial charge in [0, 0.05) is 47.3 Å². The van der Waals surface area contributed by atoms with Gasteiger partial charge in [-0.15, -0.1) is 24.0 Å². The Labute approximate surface area is 134 Å². The van der Waals surface area contributed by atoms with E-state index in [4.69, 9.17) is 4.74 Å². The zero-order valence-electron chi connectivity index (χ0n) is 12.8. The fourth-order valence-corrected chi connectivity index (χ4v) is 2.23. The maximum Gasteiger partial charge on any atom is 0.193 e. The lowest BCUT2D eigenvalue weighted by atomic mass is 10.2. The molecule has 0 amide bonds. The molecule has 0 saturated carbocycles. The zero-order valence-corrected chi connectivity index (χ0v) is 15.2. The molecule has 1 rings (SSSR count). The van der Waals surface area contributed by atoms with Crippen LogP contribution in [0.1, 0.15) is 13.8 Å². The van der Waals surface area contributed by atoms with Crippen LogP contribution in [0.5, 0.6) is 0 Å². The summed E-state index contributed by atoms with van der Waals surface area (Å²) in [7, 11) is 5.78. The first kappa shape index (κ1) is 18.9. The molecule has 0 radical (unpaired) electrons. The van der Waals surface area contributed by atoms with Crippen molar-refractivity contribution in [3.63, 3.8) is 0 Å². The Morgan fingerprint density at radius 2 is 2.16 bits per heavy atom. The molecule has 1 unspecified atom stereocenters. The van der Waals surface area contributed by atoms with Crippen molar-refractivity contribution in [3.05, 3.63) is 0 Å². The van der Waals surface area contributed by atoms with E-state index >= 15 is 0 Å². The lowest BCUT2D eigenvalue weighted by molar-refractivity contribution is -0.0285. The minimum absolute atomic E-state index is 0. The van der Waals surface area contributed by atoms with Gasteiger partial charge in [-0.3, -0.25) is 9.89 Å². The first-order valence-corrected chi connectivity index (χ1v) is 6.74. The van der Waals surface area contributed by atoms with E-state index in [2.05, 4.69) is 29.1 Å². The molecule has 114 valence electrons. The molecule has 1 heterocycles. The van der Waals surface area contributed by atoms with Crippen LogP contribution in [-0.4, -0.2) is 75.8 Å². The number of ether oxygens (including phenoxy) is 1.